The molecule has 0 atom stereocenters. The predicted molar refractivity (Wildman–Crippen MR) is 58.6 cm³/mol. The van der Waals surface area contributed by atoms with Gasteiger partial charge in [-0.3, -0.25) is 9.59 Å². The van der Waals surface area contributed by atoms with Gasteiger partial charge in [0.1, 0.15) is 5.82 Å². The lowest BCUT2D eigenvalue weighted by Crippen LogP contribution is -2.19. The third-order valence-corrected chi connectivity index (χ3v) is 1.96. The molecule has 84 valence electrons. The van der Waals surface area contributed by atoms with Gasteiger partial charge < -0.3 is 4.90 Å². The fourth-order valence-corrected chi connectivity index (χ4v) is 1.05. The Labute approximate surface area is 93.2 Å². The second-order valence-corrected chi connectivity index (χ2v) is 3.41. The molecule has 1 rings (SSSR count). The van der Waals surface area contributed by atoms with Crippen molar-refractivity contribution in [3.63, 3.8) is 0 Å². The molecule has 0 saturated heterocycles. The van der Waals surface area contributed by atoms with E-state index < -0.39 is 11.6 Å². The van der Waals surface area contributed by atoms with E-state index in [-0.39, 0.29) is 11.5 Å². The number of hydrogen-bond donors (Lipinski definition) is 0. The monoisotopic (exact) mass is 221 g/mol. The Morgan fingerprint density at radius 2 is 1.81 bits per heavy atom. The Hall–Kier alpha value is -1.97. The Kier molecular flexibility index (Phi) is 3.94. The summed E-state index contributed by atoms with van der Waals surface area (Å²) in [7, 11) is 3.14. The van der Waals surface area contributed by atoms with Crippen molar-refractivity contribution in [1.82, 2.24) is 4.90 Å². The second-order valence-electron chi connectivity index (χ2n) is 3.41. The number of hydrogen-bond acceptors (Lipinski definition) is 2. The molecule has 0 aromatic heterocycles. The van der Waals surface area contributed by atoms with E-state index in [1.165, 1.54) is 23.1 Å². The highest BCUT2D eigenvalue weighted by Gasteiger charge is 2.08. The first-order valence-electron chi connectivity index (χ1n) is 4.70. The molecule has 0 heterocycles. The van der Waals surface area contributed by atoms with Crippen molar-refractivity contribution in [2.24, 2.45) is 0 Å². The average Bonchev–Trinajstić information content (AvgIpc) is 2.25. The highest BCUT2D eigenvalue weighted by molar-refractivity contribution is 6.07. The molecular formula is C12H12FNO2. The van der Waals surface area contributed by atoms with Gasteiger partial charge in [0.25, 0.3) is 0 Å². The molecule has 0 radical (unpaired) electrons. The normalized spacial score (nSPS) is 10.4. The van der Waals surface area contributed by atoms with Gasteiger partial charge in [-0.1, -0.05) is 12.1 Å². The summed E-state index contributed by atoms with van der Waals surface area (Å²) in [4.78, 5) is 24.0. The molecule has 0 saturated carbocycles. The highest BCUT2D eigenvalue weighted by Crippen LogP contribution is 2.07. The molecule has 3 nitrogen and oxygen atoms in total. The van der Waals surface area contributed by atoms with Gasteiger partial charge in [0.05, 0.1) is 5.56 Å². The van der Waals surface area contributed by atoms with Crippen LogP contribution in [-0.2, 0) is 4.79 Å². The number of carbonyl (C=O) groups is 2. The third-order valence-electron chi connectivity index (χ3n) is 1.96. The molecule has 1 aromatic rings. The number of amides is 1. The standard InChI is InChI=1S/C12H12FNO2/c1-14(2)12(16)8-7-11(15)9-5-3-4-6-10(9)13/h3-8H,1-2H3/b8-7+. The van der Waals surface area contributed by atoms with E-state index >= 15 is 0 Å². The Morgan fingerprint density at radius 3 is 2.38 bits per heavy atom. The number of halogens is 1. The predicted octanol–water partition coefficient (Wildman–Crippen LogP) is 1.65. The van der Waals surface area contributed by atoms with Gasteiger partial charge in [0.15, 0.2) is 5.78 Å². The fraction of sp³-hybridized carbons (Fsp3) is 0.167. The van der Waals surface area contributed by atoms with Crippen LogP contribution in [-0.4, -0.2) is 30.7 Å². The van der Waals surface area contributed by atoms with Crippen LogP contribution in [0.2, 0.25) is 0 Å². The summed E-state index contributed by atoms with van der Waals surface area (Å²) in [5, 5.41) is 0. The Balaban J connectivity index is 2.81. The molecular weight excluding hydrogens is 209 g/mol. The van der Waals surface area contributed by atoms with Gasteiger partial charge >= 0.3 is 0 Å². The van der Waals surface area contributed by atoms with E-state index in [1.54, 1.807) is 20.2 Å². The van der Waals surface area contributed by atoms with Crippen LogP contribution in [0.15, 0.2) is 36.4 Å². The smallest absolute Gasteiger partial charge is 0.246 e. The summed E-state index contributed by atoms with van der Waals surface area (Å²) in [6, 6.07) is 5.65. The largest absolute Gasteiger partial charge is 0.345 e. The molecule has 0 bridgehead atoms. The van der Waals surface area contributed by atoms with E-state index in [2.05, 4.69) is 0 Å². The number of benzene rings is 1. The molecule has 0 aliphatic heterocycles. The summed E-state index contributed by atoms with van der Waals surface area (Å²) in [5.74, 6) is -1.42. The lowest BCUT2D eigenvalue weighted by atomic mass is 10.1. The minimum absolute atomic E-state index is 0.0368. The van der Waals surface area contributed by atoms with E-state index in [4.69, 9.17) is 0 Å². The van der Waals surface area contributed by atoms with Gasteiger partial charge in [-0.2, -0.15) is 0 Å². The Bertz CT molecular complexity index is 438. The van der Waals surface area contributed by atoms with E-state index in [0.29, 0.717) is 0 Å². The van der Waals surface area contributed by atoms with E-state index in [0.717, 1.165) is 12.2 Å². The van der Waals surface area contributed by atoms with Crippen molar-refractivity contribution in [2.75, 3.05) is 14.1 Å². The summed E-state index contributed by atoms with van der Waals surface area (Å²) in [6.45, 7) is 0. The molecule has 16 heavy (non-hydrogen) atoms. The zero-order valence-corrected chi connectivity index (χ0v) is 9.11. The molecule has 1 aromatic carbocycles. The second kappa shape index (κ2) is 5.21. The molecule has 0 fully saturated rings. The number of allylic oxidation sites excluding steroid dienone is 1. The van der Waals surface area contributed by atoms with Crippen molar-refractivity contribution in [1.29, 1.82) is 0 Å². The topological polar surface area (TPSA) is 37.4 Å². The number of ketones is 1. The number of rotatable bonds is 3. The molecule has 0 aliphatic rings. The van der Waals surface area contributed by atoms with Crippen LogP contribution in [0.4, 0.5) is 4.39 Å². The van der Waals surface area contributed by atoms with Crippen molar-refractivity contribution in [3.05, 3.63) is 47.8 Å². The van der Waals surface area contributed by atoms with Gasteiger partial charge in [-0.05, 0) is 18.2 Å². The first-order valence-corrected chi connectivity index (χ1v) is 4.70. The summed E-state index contributed by atoms with van der Waals surface area (Å²) >= 11 is 0. The van der Waals surface area contributed by atoms with Gasteiger partial charge in [0, 0.05) is 20.2 Å². The van der Waals surface area contributed by atoms with E-state index in [9.17, 15) is 14.0 Å². The number of carbonyl (C=O) groups excluding carboxylic acids is 2. The average molecular weight is 221 g/mol. The van der Waals surface area contributed by atoms with Crippen molar-refractivity contribution in [3.8, 4) is 0 Å². The van der Waals surface area contributed by atoms with Crippen molar-refractivity contribution in [2.45, 2.75) is 0 Å². The van der Waals surface area contributed by atoms with Gasteiger partial charge in [-0.15, -0.1) is 0 Å². The fourth-order valence-electron chi connectivity index (χ4n) is 1.05. The quantitative estimate of drug-likeness (QED) is 0.575. The van der Waals surface area contributed by atoms with Gasteiger partial charge in [0.2, 0.25) is 5.91 Å². The molecule has 1 amide bonds. The summed E-state index contributed by atoms with van der Waals surface area (Å²) in [6.07, 6.45) is 2.19. The maximum absolute atomic E-state index is 13.2. The van der Waals surface area contributed by atoms with Crippen LogP contribution in [0.25, 0.3) is 0 Å². The van der Waals surface area contributed by atoms with Gasteiger partial charge in [-0.25, -0.2) is 4.39 Å². The maximum atomic E-state index is 13.2. The summed E-state index contributed by atoms with van der Waals surface area (Å²) in [5.41, 5.74) is -0.0368. The molecule has 4 heteroatoms. The zero-order valence-electron chi connectivity index (χ0n) is 9.11. The Morgan fingerprint density at radius 1 is 1.19 bits per heavy atom. The van der Waals surface area contributed by atoms with Crippen molar-refractivity contribution < 1.29 is 14.0 Å². The first-order chi connectivity index (χ1) is 7.52. The third kappa shape index (κ3) is 3.02. The van der Waals surface area contributed by atoms with Crippen LogP contribution in [0.5, 0.6) is 0 Å². The molecule has 0 N–H and O–H groups in total. The van der Waals surface area contributed by atoms with Crippen LogP contribution in [0.1, 0.15) is 10.4 Å². The SMILES string of the molecule is CN(C)C(=O)/C=C/C(=O)c1ccccc1F. The van der Waals surface area contributed by atoms with Crippen LogP contribution < -0.4 is 0 Å². The lowest BCUT2D eigenvalue weighted by molar-refractivity contribution is -0.123. The molecule has 0 aliphatic carbocycles. The van der Waals surface area contributed by atoms with Crippen LogP contribution in [0, 0.1) is 5.82 Å². The maximum Gasteiger partial charge on any atom is 0.246 e. The minimum Gasteiger partial charge on any atom is -0.345 e. The lowest BCUT2D eigenvalue weighted by Gasteiger charge is -2.04. The zero-order chi connectivity index (χ0) is 12.1. The van der Waals surface area contributed by atoms with Crippen molar-refractivity contribution >= 4 is 11.7 Å². The summed E-state index contributed by atoms with van der Waals surface area (Å²) < 4.78 is 13.2. The number of likely N-dealkylation sites (N-methyl/N-ethyl adjacent to an activating group) is 1. The number of nitrogens with zero attached hydrogens (tertiary/aromatic N) is 1. The highest BCUT2D eigenvalue weighted by atomic mass is 19.1. The van der Waals surface area contributed by atoms with Crippen LogP contribution >= 0.6 is 0 Å². The van der Waals surface area contributed by atoms with E-state index in [1.807, 2.05) is 0 Å². The minimum atomic E-state index is -0.588. The molecule has 0 spiro atoms. The van der Waals surface area contributed by atoms with Crippen LogP contribution in [0.3, 0.4) is 0 Å². The first kappa shape index (κ1) is 12.1. The molecule has 0 unspecified atom stereocenters.